The molecule has 0 amide bonds. The molecule has 0 spiro atoms. The first-order valence-corrected chi connectivity index (χ1v) is 6.35. The second-order valence-corrected chi connectivity index (χ2v) is 5.02. The third kappa shape index (κ3) is 2.26. The Hall–Kier alpha value is -1.56. The van der Waals surface area contributed by atoms with Gasteiger partial charge in [-0.15, -0.1) is 0 Å². The van der Waals surface area contributed by atoms with Crippen molar-refractivity contribution in [3.8, 4) is 0 Å². The Morgan fingerprint density at radius 3 is 2.82 bits per heavy atom. The number of benzene rings is 2. The summed E-state index contributed by atoms with van der Waals surface area (Å²) < 4.78 is 1.22. The van der Waals surface area contributed by atoms with E-state index in [0.717, 1.165) is 22.4 Å². The summed E-state index contributed by atoms with van der Waals surface area (Å²) in [6.45, 7) is 0. The van der Waals surface area contributed by atoms with Crippen molar-refractivity contribution in [2.24, 2.45) is 0 Å². The molecule has 0 saturated heterocycles. The lowest BCUT2D eigenvalue weighted by atomic mass is 10.2. The summed E-state index contributed by atoms with van der Waals surface area (Å²) in [7, 11) is 0. The van der Waals surface area contributed by atoms with E-state index in [1.807, 2.05) is 18.2 Å². The van der Waals surface area contributed by atoms with Gasteiger partial charge in [-0.3, -0.25) is 0 Å². The van der Waals surface area contributed by atoms with Gasteiger partial charge < -0.3 is 10.3 Å². The molecule has 3 rings (SSSR count). The molecule has 0 radical (unpaired) electrons. The van der Waals surface area contributed by atoms with Gasteiger partial charge in [-0.25, -0.2) is 4.98 Å². The number of rotatable bonds is 2. The Kier molecular flexibility index (Phi) is 2.72. The Bertz CT molecular complexity index is 660. The highest BCUT2D eigenvalue weighted by atomic mass is 127. The number of aromatic nitrogens is 2. The predicted molar refractivity (Wildman–Crippen MR) is 78.5 cm³/mol. The number of aromatic amines is 1. The molecule has 1 aromatic heterocycles. The number of hydrogen-bond acceptors (Lipinski definition) is 2. The molecule has 3 nitrogen and oxygen atoms in total. The van der Waals surface area contributed by atoms with Gasteiger partial charge in [-0.1, -0.05) is 6.07 Å². The molecule has 0 atom stereocenters. The van der Waals surface area contributed by atoms with Gasteiger partial charge in [-0.05, 0) is 59.0 Å². The standard InChI is InChI=1S/C13H10IN3/c14-9-2-1-3-10(6-9)17-11-4-5-12-13(7-11)16-8-15-12/h1-8,17H,(H,15,16). The maximum atomic E-state index is 4.20. The Labute approximate surface area is 112 Å². The predicted octanol–water partition coefficient (Wildman–Crippen LogP) is 3.91. The quantitative estimate of drug-likeness (QED) is 0.697. The first kappa shape index (κ1) is 10.6. The molecular weight excluding hydrogens is 325 g/mol. The molecule has 0 aliphatic heterocycles. The van der Waals surface area contributed by atoms with E-state index >= 15 is 0 Å². The minimum absolute atomic E-state index is 0.984. The van der Waals surface area contributed by atoms with Crippen molar-refractivity contribution in [2.75, 3.05) is 5.32 Å². The molecule has 4 heteroatoms. The average Bonchev–Trinajstić information content (AvgIpc) is 2.76. The van der Waals surface area contributed by atoms with Gasteiger partial charge in [-0.2, -0.15) is 0 Å². The zero-order chi connectivity index (χ0) is 11.7. The maximum Gasteiger partial charge on any atom is 0.0931 e. The van der Waals surface area contributed by atoms with Gasteiger partial charge in [0.25, 0.3) is 0 Å². The molecule has 17 heavy (non-hydrogen) atoms. The largest absolute Gasteiger partial charge is 0.355 e. The van der Waals surface area contributed by atoms with Crippen molar-refractivity contribution in [2.45, 2.75) is 0 Å². The van der Waals surface area contributed by atoms with E-state index in [0.29, 0.717) is 0 Å². The highest BCUT2D eigenvalue weighted by Gasteiger charge is 1.99. The van der Waals surface area contributed by atoms with Crippen LogP contribution >= 0.6 is 22.6 Å². The molecule has 0 unspecified atom stereocenters. The van der Waals surface area contributed by atoms with Gasteiger partial charge in [0.2, 0.25) is 0 Å². The molecule has 2 N–H and O–H groups in total. The summed E-state index contributed by atoms with van der Waals surface area (Å²) in [5.74, 6) is 0. The summed E-state index contributed by atoms with van der Waals surface area (Å²) in [6, 6.07) is 14.4. The summed E-state index contributed by atoms with van der Waals surface area (Å²) in [5, 5.41) is 3.37. The molecule has 0 fully saturated rings. The fourth-order valence-corrected chi connectivity index (χ4v) is 2.29. The highest BCUT2D eigenvalue weighted by molar-refractivity contribution is 14.1. The fourth-order valence-electron chi connectivity index (χ4n) is 1.75. The zero-order valence-electron chi connectivity index (χ0n) is 8.94. The van der Waals surface area contributed by atoms with Crippen molar-refractivity contribution in [3.63, 3.8) is 0 Å². The zero-order valence-corrected chi connectivity index (χ0v) is 11.1. The molecule has 0 saturated carbocycles. The summed E-state index contributed by atoms with van der Waals surface area (Å²) in [5.41, 5.74) is 4.18. The average molecular weight is 335 g/mol. The third-order valence-electron chi connectivity index (χ3n) is 2.53. The SMILES string of the molecule is Ic1cccc(Nc2ccc3nc[nH]c3c2)c1. The minimum atomic E-state index is 0.984. The monoisotopic (exact) mass is 335 g/mol. The van der Waals surface area contributed by atoms with Crippen molar-refractivity contribution in [3.05, 3.63) is 52.4 Å². The Balaban J connectivity index is 1.94. The van der Waals surface area contributed by atoms with E-state index in [9.17, 15) is 0 Å². The normalized spacial score (nSPS) is 10.6. The number of fused-ring (bicyclic) bond motifs is 1. The van der Waals surface area contributed by atoms with E-state index in [2.05, 4.69) is 62.1 Å². The second-order valence-electron chi connectivity index (χ2n) is 3.77. The fraction of sp³-hybridized carbons (Fsp3) is 0. The number of anilines is 2. The lowest BCUT2D eigenvalue weighted by Gasteiger charge is -2.06. The number of nitrogens with one attached hydrogen (secondary N) is 2. The van der Waals surface area contributed by atoms with Crippen LogP contribution in [-0.2, 0) is 0 Å². The number of imidazole rings is 1. The van der Waals surface area contributed by atoms with Crippen LogP contribution in [-0.4, -0.2) is 9.97 Å². The lowest BCUT2D eigenvalue weighted by Crippen LogP contribution is -1.90. The smallest absolute Gasteiger partial charge is 0.0931 e. The van der Waals surface area contributed by atoms with Crippen LogP contribution in [0.2, 0.25) is 0 Å². The van der Waals surface area contributed by atoms with E-state index in [1.165, 1.54) is 3.57 Å². The van der Waals surface area contributed by atoms with E-state index in [1.54, 1.807) is 6.33 Å². The van der Waals surface area contributed by atoms with Crippen LogP contribution < -0.4 is 5.32 Å². The first-order valence-electron chi connectivity index (χ1n) is 5.27. The van der Waals surface area contributed by atoms with Crippen LogP contribution in [0, 0.1) is 3.57 Å². The summed E-state index contributed by atoms with van der Waals surface area (Å²) in [6.07, 6.45) is 1.71. The molecular formula is C13H10IN3. The molecule has 3 aromatic rings. The molecule has 0 bridgehead atoms. The lowest BCUT2D eigenvalue weighted by molar-refractivity contribution is 1.34. The van der Waals surface area contributed by atoms with E-state index in [4.69, 9.17) is 0 Å². The van der Waals surface area contributed by atoms with Crippen LogP contribution in [0.1, 0.15) is 0 Å². The van der Waals surface area contributed by atoms with Crippen LogP contribution in [0.15, 0.2) is 48.8 Å². The van der Waals surface area contributed by atoms with Crippen LogP contribution in [0.5, 0.6) is 0 Å². The topological polar surface area (TPSA) is 40.7 Å². The van der Waals surface area contributed by atoms with Crippen molar-refractivity contribution >= 4 is 45.0 Å². The van der Waals surface area contributed by atoms with Crippen LogP contribution in [0.4, 0.5) is 11.4 Å². The number of nitrogens with zero attached hydrogens (tertiary/aromatic N) is 1. The number of halogens is 1. The number of hydrogen-bond donors (Lipinski definition) is 2. The van der Waals surface area contributed by atoms with Crippen molar-refractivity contribution in [1.29, 1.82) is 0 Å². The first-order chi connectivity index (χ1) is 8.31. The van der Waals surface area contributed by atoms with Crippen LogP contribution in [0.25, 0.3) is 11.0 Å². The van der Waals surface area contributed by atoms with Crippen LogP contribution in [0.3, 0.4) is 0 Å². The highest BCUT2D eigenvalue weighted by Crippen LogP contribution is 2.21. The molecule has 0 aliphatic carbocycles. The van der Waals surface area contributed by atoms with Gasteiger partial charge in [0, 0.05) is 14.9 Å². The minimum Gasteiger partial charge on any atom is -0.355 e. The third-order valence-corrected chi connectivity index (χ3v) is 3.20. The summed E-state index contributed by atoms with van der Waals surface area (Å²) in [4.78, 5) is 7.30. The van der Waals surface area contributed by atoms with Gasteiger partial charge >= 0.3 is 0 Å². The molecule has 2 aromatic carbocycles. The Morgan fingerprint density at radius 2 is 1.94 bits per heavy atom. The van der Waals surface area contributed by atoms with E-state index < -0.39 is 0 Å². The second kappa shape index (κ2) is 4.37. The molecule has 84 valence electrons. The van der Waals surface area contributed by atoms with Gasteiger partial charge in [0.15, 0.2) is 0 Å². The van der Waals surface area contributed by atoms with Crippen molar-refractivity contribution in [1.82, 2.24) is 9.97 Å². The van der Waals surface area contributed by atoms with Gasteiger partial charge in [0.1, 0.15) is 0 Å². The molecule has 1 heterocycles. The Morgan fingerprint density at radius 1 is 1.06 bits per heavy atom. The van der Waals surface area contributed by atoms with E-state index in [-0.39, 0.29) is 0 Å². The van der Waals surface area contributed by atoms with Crippen molar-refractivity contribution < 1.29 is 0 Å². The summed E-state index contributed by atoms with van der Waals surface area (Å²) >= 11 is 2.31. The maximum absolute atomic E-state index is 4.20. The van der Waals surface area contributed by atoms with Gasteiger partial charge in [0.05, 0.1) is 17.4 Å². The molecule has 0 aliphatic rings. The number of H-pyrrole nitrogens is 1.